The fourth-order valence-electron chi connectivity index (χ4n) is 3.86. The van der Waals surface area contributed by atoms with Crippen LogP contribution in [-0.2, 0) is 49.7 Å². The van der Waals surface area contributed by atoms with E-state index in [-0.39, 0.29) is 32.7 Å². The molecular formula is C24H24N5O2VY-. The van der Waals surface area contributed by atoms with Crippen LogP contribution in [0.5, 0.6) is 11.5 Å². The van der Waals surface area contributed by atoms with Gasteiger partial charge >= 0.3 is 197 Å². The smallest absolute Gasteiger partial charge is 0 e. The standard InChI is InChI=1S/C24H24N5O2.V.Y/c1-3-31-23-13-20-21(14-22(23)30-2)26-16-18(15-25)24(20)29-11-9-28(10-12-29)17-27-19-7-5-4-6-8-19;;/h5-8,13-14,16,27H,3,9-12H2,1-2H3;;/q-1;;. The number of benzene rings is 2. The second-order valence-corrected chi connectivity index (χ2v) is 7.96. The summed E-state index contributed by atoms with van der Waals surface area (Å²) in [5.41, 5.74) is 3.28. The van der Waals surface area contributed by atoms with Crippen molar-refractivity contribution < 1.29 is 59.2 Å². The van der Waals surface area contributed by atoms with Crippen LogP contribution in [0.4, 0.5) is 11.4 Å². The van der Waals surface area contributed by atoms with Crippen LogP contribution in [0.1, 0.15) is 12.5 Å². The summed E-state index contributed by atoms with van der Waals surface area (Å²) < 4.78 is 12.3. The summed E-state index contributed by atoms with van der Waals surface area (Å²) in [5, 5.41) is 14.1. The predicted molar refractivity (Wildman–Crippen MR) is 122 cm³/mol. The first-order chi connectivity index (χ1) is 15.6. The molecule has 0 unspecified atom stereocenters. The van der Waals surface area contributed by atoms with Gasteiger partial charge in [0.2, 0.25) is 0 Å². The third-order valence-corrected chi connectivity index (χ3v) is 6.03. The van der Waals surface area contributed by atoms with E-state index in [0.29, 0.717) is 23.7 Å². The van der Waals surface area contributed by atoms with Gasteiger partial charge in [-0.2, -0.15) is 0 Å². The van der Waals surface area contributed by atoms with Crippen molar-refractivity contribution >= 4 is 26.8 Å². The van der Waals surface area contributed by atoms with Gasteiger partial charge < -0.3 is 0 Å². The van der Waals surface area contributed by atoms with E-state index >= 15 is 0 Å². The van der Waals surface area contributed by atoms with Crippen LogP contribution in [0.2, 0.25) is 0 Å². The predicted octanol–water partition coefficient (Wildman–Crippen LogP) is 3.18. The second kappa shape index (κ2) is 12.0. The summed E-state index contributed by atoms with van der Waals surface area (Å²) in [6.07, 6.45) is 1.64. The Kier molecular flexibility index (Phi) is 9.31. The number of hydrogen-bond acceptors (Lipinski definition) is 7. The van der Waals surface area contributed by atoms with Gasteiger partial charge in [-0.3, -0.25) is 0 Å². The van der Waals surface area contributed by atoms with Crippen LogP contribution in [0.15, 0.2) is 42.6 Å². The number of fused-ring (bicyclic) bond motifs is 1. The van der Waals surface area contributed by atoms with E-state index in [1.807, 2.05) is 43.3 Å². The number of methoxy groups -OCH3 is 1. The van der Waals surface area contributed by atoms with Gasteiger partial charge in [0.25, 0.3) is 0 Å². The molecule has 0 aliphatic carbocycles. The molecule has 166 valence electrons. The number of nitriles is 1. The van der Waals surface area contributed by atoms with Gasteiger partial charge in [-0.1, -0.05) is 0 Å². The van der Waals surface area contributed by atoms with Gasteiger partial charge in [0.05, 0.1) is 0 Å². The van der Waals surface area contributed by atoms with Crippen molar-refractivity contribution in [2.75, 3.05) is 50.1 Å². The van der Waals surface area contributed by atoms with Crippen LogP contribution in [0, 0.1) is 17.4 Å². The topological polar surface area (TPSA) is 73.7 Å². The normalized spacial score (nSPS) is 13.6. The van der Waals surface area contributed by atoms with Crippen molar-refractivity contribution in [3.8, 4) is 17.6 Å². The third kappa shape index (κ3) is 5.77. The molecule has 9 heteroatoms. The number of nitrogens with one attached hydrogen (secondary N) is 1. The fourth-order valence-corrected chi connectivity index (χ4v) is 4.37. The molecule has 0 bridgehead atoms. The maximum absolute atomic E-state index is 9.78. The molecule has 1 saturated heterocycles. The molecule has 7 nitrogen and oxygen atoms in total. The molecule has 4 rings (SSSR count). The quantitative estimate of drug-likeness (QED) is 0.450. The molecule has 2 heterocycles. The van der Waals surface area contributed by atoms with Gasteiger partial charge in [0.15, 0.2) is 0 Å². The average Bonchev–Trinajstić information content (AvgIpc) is 2.83. The van der Waals surface area contributed by atoms with E-state index in [2.05, 4.69) is 49.2 Å². The second-order valence-electron chi connectivity index (χ2n) is 7.30. The molecular weight excluding hydrogens is 530 g/mol. The fraction of sp³-hybridized carbons (Fsp3) is 0.292. The Hall–Kier alpha value is -1.94. The number of anilines is 2. The first kappa shape index (κ1) is 25.7. The van der Waals surface area contributed by atoms with Crippen molar-refractivity contribution in [2.24, 2.45) is 0 Å². The molecule has 1 radical (unpaired) electrons. The van der Waals surface area contributed by atoms with Crippen molar-refractivity contribution in [1.29, 1.82) is 5.26 Å². The molecule has 0 amide bonds. The molecule has 1 aliphatic rings. The summed E-state index contributed by atoms with van der Waals surface area (Å²) in [5.74, 6) is 1.30. The van der Waals surface area contributed by atoms with Gasteiger partial charge in [-0.05, 0) is 0 Å². The Morgan fingerprint density at radius 3 is 2.58 bits per heavy atom. The van der Waals surface area contributed by atoms with Crippen LogP contribution in [0.25, 0.3) is 10.9 Å². The number of aromatic nitrogens is 1. The van der Waals surface area contributed by atoms with E-state index in [1.165, 1.54) is 0 Å². The van der Waals surface area contributed by atoms with Crippen LogP contribution in [-0.4, -0.2) is 54.3 Å². The van der Waals surface area contributed by atoms with E-state index in [1.54, 1.807) is 13.3 Å². The first-order valence-corrected chi connectivity index (χ1v) is 11.2. The van der Waals surface area contributed by atoms with Crippen LogP contribution in [0.3, 0.4) is 0 Å². The minimum atomic E-state index is 0. The Bertz CT molecular complexity index is 1160. The summed E-state index contributed by atoms with van der Waals surface area (Å²) >= 11 is 2.62. The Morgan fingerprint density at radius 2 is 1.94 bits per heavy atom. The summed E-state index contributed by atoms with van der Waals surface area (Å²) in [6.45, 7) is 5.71. The number of piperazine rings is 1. The molecule has 1 aromatic heterocycles. The molecule has 1 fully saturated rings. The number of hydrogen-bond donors (Lipinski definition) is 1. The maximum atomic E-state index is 9.78. The zero-order valence-corrected chi connectivity index (χ0v) is 22.9. The van der Waals surface area contributed by atoms with E-state index in [4.69, 9.17) is 9.47 Å². The van der Waals surface area contributed by atoms with Crippen LogP contribution >= 0.6 is 0 Å². The van der Waals surface area contributed by atoms with Gasteiger partial charge in [0.1, 0.15) is 0 Å². The molecule has 1 N–H and O–H groups in total. The Morgan fingerprint density at radius 1 is 1.21 bits per heavy atom. The van der Waals surface area contributed by atoms with Crippen molar-refractivity contribution in [3.63, 3.8) is 0 Å². The monoisotopic (exact) mass is 554 g/mol. The van der Waals surface area contributed by atoms with Gasteiger partial charge in [-0.15, -0.1) is 0 Å². The number of ether oxygens (including phenoxy) is 2. The Labute approximate surface area is 228 Å². The van der Waals surface area contributed by atoms with E-state index in [9.17, 15) is 5.26 Å². The van der Waals surface area contributed by atoms with Gasteiger partial charge in [-0.25, -0.2) is 0 Å². The van der Waals surface area contributed by atoms with Gasteiger partial charge in [0, 0.05) is 32.7 Å². The molecule has 3 aromatic rings. The number of nitrogens with zero attached hydrogens (tertiary/aromatic N) is 4. The molecule has 33 heavy (non-hydrogen) atoms. The average molecular weight is 554 g/mol. The van der Waals surface area contributed by atoms with E-state index in [0.717, 1.165) is 52.9 Å². The zero-order valence-electron chi connectivity index (χ0n) is 18.7. The molecule has 0 spiro atoms. The zero-order chi connectivity index (χ0) is 22.5. The summed E-state index contributed by atoms with van der Waals surface area (Å²) in [4.78, 5) is 9.06. The minimum Gasteiger partial charge on any atom is 0 e. The minimum absolute atomic E-state index is 0. The molecule has 1 aliphatic heterocycles. The third-order valence-electron chi connectivity index (χ3n) is 5.42. The van der Waals surface area contributed by atoms with Crippen LogP contribution < -0.4 is 19.7 Å². The Balaban J connectivity index is 0.00000306. The van der Waals surface area contributed by atoms with Crippen molar-refractivity contribution in [3.05, 3.63) is 54.2 Å². The number of rotatable bonds is 7. The molecule has 0 atom stereocenters. The SMILES string of the molecule is CCOc1cc2c(N3CCN([C](=[V])Nc4cc[c-]cc4)CC3)c(C#N)cnc2cc1OC.[Y]. The molecule has 0 saturated carbocycles. The van der Waals surface area contributed by atoms with Crippen molar-refractivity contribution in [1.82, 2.24) is 9.88 Å². The van der Waals surface area contributed by atoms with E-state index < -0.39 is 0 Å². The summed E-state index contributed by atoms with van der Waals surface area (Å²) in [7, 11) is 1.62. The van der Waals surface area contributed by atoms with Crippen molar-refractivity contribution in [2.45, 2.75) is 6.92 Å². The molecule has 2 aromatic carbocycles. The number of pyridine rings is 1. The first-order valence-electron chi connectivity index (χ1n) is 10.5. The summed E-state index contributed by atoms with van der Waals surface area (Å²) in [6, 6.07) is 16.9.